The second-order valence-electron chi connectivity index (χ2n) is 5.86. The predicted octanol–water partition coefficient (Wildman–Crippen LogP) is 2.93. The molecular weight excluding hydrogens is 200 g/mol. The van der Waals surface area contributed by atoms with Crippen molar-refractivity contribution >= 4 is 0 Å². The van der Waals surface area contributed by atoms with Gasteiger partial charge in [0, 0.05) is 12.3 Å². The van der Waals surface area contributed by atoms with Crippen LogP contribution in [-0.4, -0.2) is 10.1 Å². The van der Waals surface area contributed by atoms with Gasteiger partial charge in [-0.1, -0.05) is 5.16 Å². The second-order valence-corrected chi connectivity index (χ2v) is 5.86. The predicted molar refractivity (Wildman–Crippen MR) is 58.9 cm³/mol. The third kappa shape index (κ3) is 1.76. The lowest BCUT2D eigenvalue weighted by atomic mass is 9.94. The minimum absolute atomic E-state index is 0.623. The van der Waals surface area contributed by atoms with E-state index in [0.717, 1.165) is 35.9 Å². The Balaban J connectivity index is 1.46. The van der Waals surface area contributed by atoms with Crippen molar-refractivity contribution in [3.63, 3.8) is 0 Å². The average molecular weight is 218 g/mol. The van der Waals surface area contributed by atoms with Gasteiger partial charge in [-0.25, -0.2) is 0 Å². The summed E-state index contributed by atoms with van der Waals surface area (Å²) in [5, 5.41) is 4.10. The zero-order chi connectivity index (χ0) is 10.5. The summed E-state index contributed by atoms with van der Waals surface area (Å²) < 4.78 is 5.39. The van der Waals surface area contributed by atoms with Gasteiger partial charge in [-0.3, -0.25) is 0 Å². The summed E-state index contributed by atoms with van der Waals surface area (Å²) in [6.45, 7) is 0. The molecule has 0 saturated heterocycles. The summed E-state index contributed by atoms with van der Waals surface area (Å²) in [4.78, 5) is 4.55. The third-order valence-corrected chi connectivity index (χ3v) is 4.29. The summed E-state index contributed by atoms with van der Waals surface area (Å²) in [6, 6.07) is 0. The summed E-state index contributed by atoms with van der Waals surface area (Å²) >= 11 is 0. The van der Waals surface area contributed by atoms with E-state index in [1.807, 2.05) is 0 Å². The van der Waals surface area contributed by atoms with Gasteiger partial charge in [0.05, 0.1) is 0 Å². The highest BCUT2D eigenvalue weighted by Gasteiger charge is 2.42. The quantitative estimate of drug-likeness (QED) is 0.762. The SMILES string of the molecule is C1CC1c1noc(CC(C2CC2)C2CC2)n1. The number of hydrogen-bond acceptors (Lipinski definition) is 3. The van der Waals surface area contributed by atoms with Crippen LogP contribution in [0.3, 0.4) is 0 Å². The highest BCUT2D eigenvalue weighted by molar-refractivity contribution is 5.04. The molecule has 0 bridgehead atoms. The third-order valence-electron chi connectivity index (χ3n) is 4.29. The fraction of sp³-hybridized carbons (Fsp3) is 0.846. The maximum Gasteiger partial charge on any atom is 0.226 e. The van der Waals surface area contributed by atoms with E-state index < -0.39 is 0 Å². The molecule has 3 aliphatic carbocycles. The monoisotopic (exact) mass is 218 g/mol. The van der Waals surface area contributed by atoms with E-state index >= 15 is 0 Å². The fourth-order valence-corrected chi connectivity index (χ4v) is 2.83. The molecule has 86 valence electrons. The molecule has 3 nitrogen and oxygen atoms in total. The zero-order valence-corrected chi connectivity index (χ0v) is 9.56. The largest absolute Gasteiger partial charge is 0.339 e. The van der Waals surface area contributed by atoms with Gasteiger partial charge in [-0.15, -0.1) is 0 Å². The van der Waals surface area contributed by atoms with Gasteiger partial charge in [0.25, 0.3) is 0 Å². The molecule has 1 heterocycles. The van der Waals surface area contributed by atoms with Crippen LogP contribution in [0.1, 0.15) is 56.2 Å². The first-order valence-electron chi connectivity index (χ1n) is 6.72. The molecule has 0 aromatic carbocycles. The minimum Gasteiger partial charge on any atom is -0.339 e. The van der Waals surface area contributed by atoms with Crippen molar-refractivity contribution in [2.24, 2.45) is 17.8 Å². The van der Waals surface area contributed by atoms with E-state index in [1.54, 1.807) is 0 Å². The normalized spacial score (nSPS) is 25.3. The van der Waals surface area contributed by atoms with Crippen LogP contribution >= 0.6 is 0 Å². The maximum atomic E-state index is 5.39. The Kier molecular flexibility index (Phi) is 1.91. The molecule has 0 spiro atoms. The molecule has 0 amide bonds. The molecule has 0 N–H and O–H groups in total. The van der Waals surface area contributed by atoms with Crippen LogP contribution in [-0.2, 0) is 6.42 Å². The van der Waals surface area contributed by atoms with Crippen LogP contribution < -0.4 is 0 Å². The smallest absolute Gasteiger partial charge is 0.226 e. The molecule has 0 atom stereocenters. The molecule has 0 radical (unpaired) electrons. The zero-order valence-electron chi connectivity index (χ0n) is 9.56. The lowest BCUT2D eigenvalue weighted by Gasteiger charge is -2.11. The van der Waals surface area contributed by atoms with Crippen molar-refractivity contribution in [2.45, 2.75) is 50.9 Å². The second kappa shape index (κ2) is 3.31. The van der Waals surface area contributed by atoms with Crippen LogP contribution in [0.4, 0.5) is 0 Å². The summed E-state index contributed by atoms with van der Waals surface area (Å²) in [5.74, 6) is 5.31. The summed E-state index contributed by atoms with van der Waals surface area (Å²) in [6.07, 6.45) is 9.31. The first-order valence-corrected chi connectivity index (χ1v) is 6.72. The number of aromatic nitrogens is 2. The lowest BCUT2D eigenvalue weighted by molar-refractivity contribution is 0.317. The van der Waals surface area contributed by atoms with Crippen LogP contribution in [0, 0.1) is 17.8 Å². The van der Waals surface area contributed by atoms with Gasteiger partial charge in [0.1, 0.15) is 0 Å². The lowest BCUT2D eigenvalue weighted by Crippen LogP contribution is -2.09. The van der Waals surface area contributed by atoms with Crippen LogP contribution in [0.5, 0.6) is 0 Å². The average Bonchev–Trinajstić information content (AvgIpc) is 3.08. The molecule has 0 unspecified atom stereocenters. The van der Waals surface area contributed by atoms with Gasteiger partial charge < -0.3 is 4.52 Å². The van der Waals surface area contributed by atoms with Crippen molar-refractivity contribution in [3.8, 4) is 0 Å². The van der Waals surface area contributed by atoms with E-state index in [9.17, 15) is 0 Å². The molecule has 4 rings (SSSR count). The molecule has 3 saturated carbocycles. The van der Waals surface area contributed by atoms with Crippen LogP contribution in [0.2, 0.25) is 0 Å². The Morgan fingerprint density at radius 3 is 2.31 bits per heavy atom. The first kappa shape index (κ1) is 9.20. The molecule has 0 aliphatic heterocycles. The van der Waals surface area contributed by atoms with E-state index in [2.05, 4.69) is 10.1 Å². The maximum absolute atomic E-state index is 5.39. The molecule has 16 heavy (non-hydrogen) atoms. The van der Waals surface area contributed by atoms with E-state index in [4.69, 9.17) is 4.52 Å². The van der Waals surface area contributed by atoms with Crippen LogP contribution in [0.25, 0.3) is 0 Å². The fourth-order valence-electron chi connectivity index (χ4n) is 2.83. The molecule has 3 fully saturated rings. The number of hydrogen-bond donors (Lipinski definition) is 0. The van der Waals surface area contributed by atoms with E-state index in [-0.39, 0.29) is 0 Å². The Bertz CT molecular complexity index is 376. The Labute approximate surface area is 95.6 Å². The van der Waals surface area contributed by atoms with E-state index in [0.29, 0.717) is 5.92 Å². The Hall–Kier alpha value is -0.860. The van der Waals surface area contributed by atoms with Crippen molar-refractivity contribution in [1.82, 2.24) is 10.1 Å². The Morgan fingerprint density at radius 1 is 1.06 bits per heavy atom. The van der Waals surface area contributed by atoms with E-state index in [1.165, 1.54) is 38.5 Å². The van der Waals surface area contributed by atoms with Gasteiger partial charge in [0.15, 0.2) is 5.82 Å². The van der Waals surface area contributed by atoms with Crippen molar-refractivity contribution in [2.75, 3.05) is 0 Å². The molecule has 3 aliphatic rings. The molecule has 1 aromatic rings. The molecular formula is C13H18N2O. The molecule has 3 heteroatoms. The highest BCUT2D eigenvalue weighted by atomic mass is 16.5. The molecule has 1 aromatic heterocycles. The standard InChI is InChI=1S/C13H18N2O/c1-2-8(1)11(9-3-4-9)7-12-14-13(15-16-12)10-5-6-10/h8-11H,1-7H2. The number of rotatable bonds is 5. The highest BCUT2D eigenvalue weighted by Crippen LogP contribution is 2.50. The minimum atomic E-state index is 0.623. The van der Waals surface area contributed by atoms with Crippen molar-refractivity contribution in [3.05, 3.63) is 11.7 Å². The van der Waals surface area contributed by atoms with Gasteiger partial charge in [-0.2, -0.15) is 4.98 Å². The summed E-state index contributed by atoms with van der Waals surface area (Å²) in [5.41, 5.74) is 0. The summed E-state index contributed by atoms with van der Waals surface area (Å²) in [7, 11) is 0. The Morgan fingerprint density at radius 2 is 1.75 bits per heavy atom. The van der Waals surface area contributed by atoms with Gasteiger partial charge in [0.2, 0.25) is 5.89 Å². The van der Waals surface area contributed by atoms with Gasteiger partial charge >= 0.3 is 0 Å². The number of nitrogens with zero attached hydrogens (tertiary/aromatic N) is 2. The van der Waals surface area contributed by atoms with Crippen molar-refractivity contribution in [1.29, 1.82) is 0 Å². The first-order chi connectivity index (χ1) is 7.90. The van der Waals surface area contributed by atoms with Gasteiger partial charge in [-0.05, 0) is 56.3 Å². The van der Waals surface area contributed by atoms with Crippen molar-refractivity contribution < 1.29 is 4.52 Å². The van der Waals surface area contributed by atoms with Crippen LogP contribution in [0.15, 0.2) is 4.52 Å². The topological polar surface area (TPSA) is 38.9 Å².